The first-order chi connectivity index (χ1) is 17.9. The van der Waals surface area contributed by atoms with Crippen LogP contribution in [0.15, 0.2) is 55.1 Å². The van der Waals surface area contributed by atoms with Gasteiger partial charge in [-0.2, -0.15) is 13.9 Å². The second kappa shape index (κ2) is 10.5. The SMILES string of the molecule is C[C@@H](N1CCN(c2ccc(OCC(F)(F)C(F)F)cc2)C1=O)C(O)(Cn1cncn1)c1ccc(F)cc1F. The zero-order valence-corrected chi connectivity index (χ0v) is 19.9. The molecule has 3 aromatic rings. The fourth-order valence-corrected chi connectivity index (χ4v) is 4.22. The summed E-state index contributed by atoms with van der Waals surface area (Å²) >= 11 is 0. The predicted octanol–water partition coefficient (Wildman–Crippen LogP) is 4.05. The third kappa shape index (κ3) is 5.39. The van der Waals surface area contributed by atoms with Crippen LogP contribution in [0.3, 0.4) is 0 Å². The molecule has 0 bridgehead atoms. The Morgan fingerprint density at radius 2 is 1.82 bits per heavy atom. The van der Waals surface area contributed by atoms with E-state index in [-0.39, 0.29) is 30.9 Å². The molecule has 1 N–H and O–H groups in total. The molecule has 2 atom stereocenters. The van der Waals surface area contributed by atoms with Crippen LogP contribution in [-0.4, -0.2) is 68.9 Å². The van der Waals surface area contributed by atoms with Gasteiger partial charge in [0.1, 0.15) is 35.6 Å². The van der Waals surface area contributed by atoms with Gasteiger partial charge in [-0.1, -0.05) is 6.07 Å². The van der Waals surface area contributed by atoms with Gasteiger partial charge in [-0.15, -0.1) is 0 Å². The fourth-order valence-electron chi connectivity index (χ4n) is 4.22. The summed E-state index contributed by atoms with van der Waals surface area (Å²) in [6, 6.07) is 6.46. The van der Waals surface area contributed by atoms with Crippen LogP contribution in [0.25, 0.3) is 0 Å². The third-order valence-electron chi connectivity index (χ3n) is 6.37. The van der Waals surface area contributed by atoms with Crippen molar-refractivity contribution in [2.45, 2.75) is 37.5 Å². The monoisotopic (exact) mass is 543 g/mol. The molecule has 0 radical (unpaired) electrons. The normalized spacial score (nSPS) is 16.7. The van der Waals surface area contributed by atoms with Crippen LogP contribution >= 0.6 is 0 Å². The van der Waals surface area contributed by atoms with Crippen molar-refractivity contribution in [3.63, 3.8) is 0 Å². The molecule has 1 unspecified atom stereocenters. The Morgan fingerprint density at radius 3 is 2.42 bits per heavy atom. The number of halogens is 6. The number of anilines is 1. The van der Waals surface area contributed by atoms with Gasteiger partial charge in [0.05, 0.1) is 12.6 Å². The van der Waals surface area contributed by atoms with E-state index in [9.17, 15) is 36.2 Å². The second-order valence-electron chi connectivity index (χ2n) is 8.79. The first-order valence-corrected chi connectivity index (χ1v) is 11.4. The fraction of sp³-hybridized carbons (Fsp3) is 0.375. The van der Waals surface area contributed by atoms with Gasteiger partial charge < -0.3 is 14.7 Å². The summed E-state index contributed by atoms with van der Waals surface area (Å²) in [7, 11) is 0. The van der Waals surface area contributed by atoms with E-state index in [4.69, 9.17) is 4.74 Å². The van der Waals surface area contributed by atoms with Crippen LogP contribution in [0.4, 0.5) is 36.8 Å². The number of hydrogen-bond acceptors (Lipinski definition) is 5. The lowest BCUT2D eigenvalue weighted by atomic mass is 9.85. The van der Waals surface area contributed by atoms with Gasteiger partial charge in [-0.25, -0.2) is 32.0 Å². The van der Waals surface area contributed by atoms with Crippen molar-refractivity contribution in [1.29, 1.82) is 0 Å². The lowest BCUT2D eigenvalue weighted by Gasteiger charge is -2.39. The van der Waals surface area contributed by atoms with Crippen LogP contribution in [0.2, 0.25) is 0 Å². The largest absolute Gasteiger partial charge is 0.487 e. The first-order valence-electron chi connectivity index (χ1n) is 11.4. The second-order valence-corrected chi connectivity index (χ2v) is 8.79. The van der Waals surface area contributed by atoms with E-state index in [1.807, 2.05) is 0 Å². The molecule has 1 saturated heterocycles. The molecule has 14 heteroatoms. The number of alkyl halides is 4. The Bertz CT molecular complexity index is 1260. The standard InChI is InChI=1S/C24H23F6N5O3/c1-15(23(37,11-33-14-31-13-32-33)19-7-2-16(25)10-20(19)26)34-8-9-35(22(34)36)17-3-5-18(6-4-17)38-12-24(29,30)21(27)28/h2-7,10,13-15,21,37H,8-9,11-12H2,1H3/t15-,23?/m1/s1. The zero-order valence-electron chi connectivity index (χ0n) is 19.9. The molecule has 2 heterocycles. The summed E-state index contributed by atoms with van der Waals surface area (Å²) < 4.78 is 85.3. The molecule has 1 fully saturated rings. The molecular formula is C24H23F6N5O3. The van der Waals surface area contributed by atoms with Crippen molar-refractivity contribution < 1.29 is 41.0 Å². The highest BCUT2D eigenvalue weighted by molar-refractivity contribution is 5.94. The molecule has 2 aromatic carbocycles. The lowest BCUT2D eigenvalue weighted by molar-refractivity contribution is -0.148. The number of nitrogens with zero attached hydrogens (tertiary/aromatic N) is 5. The Kier molecular flexibility index (Phi) is 7.54. The molecule has 1 aliphatic rings. The highest BCUT2D eigenvalue weighted by atomic mass is 19.3. The van der Waals surface area contributed by atoms with Crippen LogP contribution in [0.5, 0.6) is 5.75 Å². The van der Waals surface area contributed by atoms with E-state index < -0.39 is 48.3 Å². The summed E-state index contributed by atoms with van der Waals surface area (Å²) in [5.74, 6) is -6.25. The Morgan fingerprint density at radius 1 is 1.11 bits per heavy atom. The van der Waals surface area contributed by atoms with Gasteiger partial charge >= 0.3 is 18.4 Å². The van der Waals surface area contributed by atoms with E-state index in [1.165, 1.54) is 58.3 Å². The van der Waals surface area contributed by atoms with Crippen molar-refractivity contribution in [3.8, 4) is 5.75 Å². The predicted molar refractivity (Wildman–Crippen MR) is 122 cm³/mol. The van der Waals surface area contributed by atoms with E-state index in [2.05, 4.69) is 10.1 Å². The molecule has 8 nitrogen and oxygen atoms in total. The minimum atomic E-state index is -4.31. The minimum Gasteiger partial charge on any atom is -0.487 e. The van der Waals surface area contributed by atoms with Crippen molar-refractivity contribution in [2.75, 3.05) is 24.6 Å². The number of carbonyl (C=O) groups excluding carboxylic acids is 1. The van der Waals surface area contributed by atoms with Crippen LogP contribution in [-0.2, 0) is 12.1 Å². The van der Waals surface area contributed by atoms with Gasteiger partial charge in [-0.05, 0) is 37.3 Å². The van der Waals surface area contributed by atoms with Crippen molar-refractivity contribution >= 4 is 11.7 Å². The number of benzene rings is 2. The number of aliphatic hydroxyl groups is 1. The minimum absolute atomic E-state index is 0.0973. The van der Waals surface area contributed by atoms with Crippen molar-refractivity contribution in [2.24, 2.45) is 0 Å². The first kappa shape index (κ1) is 27.2. The zero-order chi connectivity index (χ0) is 27.7. The summed E-state index contributed by atoms with van der Waals surface area (Å²) in [6.45, 7) is -0.00122. The van der Waals surface area contributed by atoms with Crippen molar-refractivity contribution in [1.82, 2.24) is 19.7 Å². The molecule has 0 saturated carbocycles. The van der Waals surface area contributed by atoms with E-state index in [0.717, 1.165) is 12.1 Å². The molecule has 1 aromatic heterocycles. The Hall–Kier alpha value is -3.81. The summed E-state index contributed by atoms with van der Waals surface area (Å²) in [6.07, 6.45) is -1.35. The average Bonchev–Trinajstić information content (AvgIpc) is 3.52. The number of ether oxygens (including phenoxy) is 1. The molecule has 2 amide bonds. The van der Waals surface area contributed by atoms with Gasteiger partial charge in [0.25, 0.3) is 0 Å². The lowest BCUT2D eigenvalue weighted by Crippen LogP contribution is -2.53. The van der Waals surface area contributed by atoms with Gasteiger partial charge in [-0.3, -0.25) is 4.90 Å². The molecule has 0 aliphatic carbocycles. The van der Waals surface area contributed by atoms with Gasteiger partial charge in [0, 0.05) is 30.4 Å². The quantitative estimate of drug-likeness (QED) is 0.390. The number of carbonyl (C=O) groups is 1. The number of rotatable bonds is 10. The maximum absolute atomic E-state index is 14.8. The van der Waals surface area contributed by atoms with Crippen LogP contribution in [0.1, 0.15) is 12.5 Å². The number of aromatic nitrogens is 3. The number of amides is 2. The molecule has 204 valence electrons. The van der Waals surface area contributed by atoms with E-state index in [1.54, 1.807) is 0 Å². The maximum Gasteiger partial charge on any atom is 0.340 e. The molecule has 4 rings (SSSR count). The molecule has 1 aliphatic heterocycles. The topological polar surface area (TPSA) is 83.7 Å². The van der Waals surface area contributed by atoms with Crippen LogP contribution < -0.4 is 9.64 Å². The Balaban J connectivity index is 1.53. The maximum atomic E-state index is 14.8. The Labute approximate surface area is 213 Å². The third-order valence-corrected chi connectivity index (χ3v) is 6.37. The summed E-state index contributed by atoms with van der Waals surface area (Å²) in [5.41, 5.74) is -1.93. The van der Waals surface area contributed by atoms with Gasteiger partial charge in [0.2, 0.25) is 0 Å². The van der Waals surface area contributed by atoms with E-state index >= 15 is 0 Å². The smallest absolute Gasteiger partial charge is 0.340 e. The highest BCUT2D eigenvalue weighted by Gasteiger charge is 2.46. The molecule has 0 spiro atoms. The summed E-state index contributed by atoms with van der Waals surface area (Å²) in [5, 5.41) is 15.7. The molecular weight excluding hydrogens is 520 g/mol. The highest BCUT2D eigenvalue weighted by Crippen LogP contribution is 2.35. The summed E-state index contributed by atoms with van der Waals surface area (Å²) in [4.78, 5) is 19.8. The van der Waals surface area contributed by atoms with E-state index in [0.29, 0.717) is 11.8 Å². The average molecular weight is 543 g/mol. The van der Waals surface area contributed by atoms with Gasteiger partial charge in [0.15, 0.2) is 6.61 Å². The number of urea groups is 1. The molecule has 38 heavy (non-hydrogen) atoms. The van der Waals surface area contributed by atoms with Crippen molar-refractivity contribution in [3.05, 3.63) is 72.3 Å². The number of hydrogen-bond donors (Lipinski definition) is 1. The van der Waals surface area contributed by atoms with Crippen LogP contribution in [0, 0.1) is 11.6 Å².